The maximum Gasteiger partial charge on any atom is 0.326 e. The molecule has 128 valence electrons. The molecule has 1 rings (SSSR count). The van der Waals surface area contributed by atoms with Crippen LogP contribution < -0.4 is 5.32 Å². The van der Waals surface area contributed by atoms with Crippen LogP contribution in [-0.4, -0.2) is 50.7 Å². The first-order valence-corrected chi connectivity index (χ1v) is 10.7. The molecule has 2 atom stereocenters. The second-order valence-electron chi connectivity index (χ2n) is 7.30. The van der Waals surface area contributed by atoms with Crippen molar-refractivity contribution in [2.24, 2.45) is 0 Å². The number of hydrogen-bond acceptors (Lipinski definition) is 4. The van der Waals surface area contributed by atoms with E-state index in [1.54, 1.807) is 0 Å². The third kappa shape index (κ3) is 5.37. The lowest BCUT2D eigenvalue weighted by atomic mass is 10.2. The van der Waals surface area contributed by atoms with Gasteiger partial charge in [-0.1, -0.05) is 20.8 Å². The Bertz CT molecular complexity index is 399. The third-order valence-electron chi connectivity index (χ3n) is 4.51. The summed E-state index contributed by atoms with van der Waals surface area (Å²) in [6, 6.07) is -0.929. The molecule has 1 heterocycles. The van der Waals surface area contributed by atoms with E-state index in [-0.39, 0.29) is 17.4 Å². The number of rotatable bonds is 7. The first-order valence-electron chi connectivity index (χ1n) is 7.83. The van der Waals surface area contributed by atoms with Gasteiger partial charge in [-0.2, -0.15) is 0 Å². The van der Waals surface area contributed by atoms with Gasteiger partial charge < -0.3 is 19.6 Å². The molecule has 1 aliphatic heterocycles. The number of amides is 1. The van der Waals surface area contributed by atoms with Gasteiger partial charge in [-0.15, -0.1) is 0 Å². The number of carbonyl (C=O) groups is 2. The van der Waals surface area contributed by atoms with Crippen molar-refractivity contribution in [1.29, 1.82) is 0 Å². The lowest BCUT2D eigenvalue weighted by molar-refractivity contribution is -0.144. The van der Waals surface area contributed by atoms with Crippen molar-refractivity contribution < 1.29 is 23.9 Å². The van der Waals surface area contributed by atoms with Gasteiger partial charge in [0.25, 0.3) is 0 Å². The summed E-state index contributed by atoms with van der Waals surface area (Å²) in [5.74, 6) is -1.37. The van der Waals surface area contributed by atoms with Crippen molar-refractivity contribution in [3.05, 3.63) is 0 Å². The first kappa shape index (κ1) is 19.1. The predicted octanol–water partition coefficient (Wildman–Crippen LogP) is 2.15. The van der Waals surface area contributed by atoms with Gasteiger partial charge in [0.05, 0.1) is 0 Å². The maximum absolute atomic E-state index is 11.9. The summed E-state index contributed by atoms with van der Waals surface area (Å²) >= 11 is 0. The summed E-state index contributed by atoms with van der Waals surface area (Å²) < 4.78 is 11.2. The van der Waals surface area contributed by atoms with Crippen LogP contribution in [0.2, 0.25) is 18.1 Å². The van der Waals surface area contributed by atoms with Crippen LogP contribution in [-0.2, 0) is 18.8 Å². The lowest BCUT2D eigenvalue weighted by Crippen LogP contribution is -2.47. The molecule has 7 heteroatoms. The van der Waals surface area contributed by atoms with Crippen LogP contribution in [0.15, 0.2) is 0 Å². The molecule has 1 saturated heterocycles. The third-order valence-corrected chi connectivity index (χ3v) is 9.05. The molecule has 2 N–H and O–H groups in total. The Balaban J connectivity index is 2.48. The summed E-state index contributed by atoms with van der Waals surface area (Å²) in [6.07, 6.45) is 1.24. The van der Waals surface area contributed by atoms with E-state index in [1.807, 2.05) is 0 Å². The molecule has 0 aromatic carbocycles. The smallest absolute Gasteiger partial charge is 0.326 e. The largest absolute Gasteiger partial charge is 0.480 e. The van der Waals surface area contributed by atoms with E-state index in [0.29, 0.717) is 19.6 Å². The van der Waals surface area contributed by atoms with Gasteiger partial charge in [0.15, 0.2) is 8.32 Å². The van der Waals surface area contributed by atoms with Gasteiger partial charge in [-0.3, -0.25) is 4.79 Å². The molecule has 0 unspecified atom stereocenters. The Morgan fingerprint density at radius 3 is 2.50 bits per heavy atom. The second-order valence-corrected chi connectivity index (χ2v) is 12.1. The van der Waals surface area contributed by atoms with Crippen LogP contribution >= 0.6 is 0 Å². The number of nitrogens with one attached hydrogen (secondary N) is 1. The minimum atomic E-state index is -1.90. The monoisotopic (exact) mass is 331 g/mol. The van der Waals surface area contributed by atoms with Crippen LogP contribution in [0.4, 0.5) is 0 Å². The zero-order valence-electron chi connectivity index (χ0n) is 14.3. The van der Waals surface area contributed by atoms with E-state index in [0.717, 1.165) is 6.42 Å². The van der Waals surface area contributed by atoms with Crippen molar-refractivity contribution in [2.75, 3.05) is 13.2 Å². The predicted molar refractivity (Wildman–Crippen MR) is 86.3 cm³/mol. The Labute approximate surface area is 133 Å². The van der Waals surface area contributed by atoms with Crippen molar-refractivity contribution >= 4 is 20.2 Å². The second kappa shape index (κ2) is 7.57. The molecular formula is C15H29NO5Si. The Morgan fingerprint density at radius 2 is 2.05 bits per heavy atom. The van der Waals surface area contributed by atoms with Crippen molar-refractivity contribution in [2.45, 2.75) is 70.3 Å². The molecule has 1 fully saturated rings. The van der Waals surface area contributed by atoms with Crippen molar-refractivity contribution in [3.8, 4) is 0 Å². The van der Waals surface area contributed by atoms with Gasteiger partial charge >= 0.3 is 5.97 Å². The summed E-state index contributed by atoms with van der Waals surface area (Å²) in [4.78, 5) is 23.3. The van der Waals surface area contributed by atoms with Gasteiger partial charge in [-0.05, 0) is 31.0 Å². The summed E-state index contributed by atoms with van der Waals surface area (Å²) in [7, 11) is -1.90. The minimum Gasteiger partial charge on any atom is -0.480 e. The molecule has 0 bridgehead atoms. The van der Waals surface area contributed by atoms with E-state index in [2.05, 4.69) is 39.2 Å². The Kier molecular flexibility index (Phi) is 6.58. The normalized spacial score (nSPS) is 20.7. The highest BCUT2D eigenvalue weighted by atomic mass is 28.4. The molecule has 1 amide bonds. The van der Waals surface area contributed by atoms with Gasteiger partial charge in [0.1, 0.15) is 12.1 Å². The molecule has 22 heavy (non-hydrogen) atoms. The van der Waals surface area contributed by atoms with Gasteiger partial charge in [0, 0.05) is 19.6 Å². The van der Waals surface area contributed by atoms with E-state index in [1.165, 1.54) is 0 Å². The van der Waals surface area contributed by atoms with Crippen molar-refractivity contribution in [3.63, 3.8) is 0 Å². The highest BCUT2D eigenvalue weighted by Crippen LogP contribution is 2.36. The average Bonchev–Trinajstić information content (AvgIpc) is 2.89. The van der Waals surface area contributed by atoms with Gasteiger partial charge in [0.2, 0.25) is 5.91 Å². The number of ether oxygens (including phenoxy) is 1. The zero-order valence-corrected chi connectivity index (χ0v) is 15.3. The number of aliphatic carboxylic acids is 1. The molecule has 0 aliphatic carbocycles. The molecule has 0 radical (unpaired) electrons. The topological polar surface area (TPSA) is 84.9 Å². The van der Waals surface area contributed by atoms with E-state index >= 15 is 0 Å². The van der Waals surface area contributed by atoms with E-state index in [4.69, 9.17) is 9.16 Å². The Morgan fingerprint density at radius 1 is 1.41 bits per heavy atom. The average molecular weight is 331 g/mol. The van der Waals surface area contributed by atoms with Crippen LogP contribution in [0.1, 0.15) is 40.0 Å². The quantitative estimate of drug-likeness (QED) is 0.698. The molecule has 0 aromatic rings. The van der Waals surface area contributed by atoms with E-state index < -0.39 is 26.4 Å². The fourth-order valence-electron chi connectivity index (χ4n) is 1.95. The van der Waals surface area contributed by atoms with Crippen LogP contribution in [0.3, 0.4) is 0 Å². The minimum absolute atomic E-state index is 0.0760. The fraction of sp³-hybridized carbons (Fsp3) is 0.867. The standard InChI is InChI=1S/C15H29NO5Si/c1-15(2,3)22(4,5)21-10-8-11(14(18)19)16-13(17)12-7-6-9-20-12/h11-12H,6-10H2,1-5H3,(H,16,17)(H,18,19)/t11-,12+/m1/s1. The van der Waals surface area contributed by atoms with Crippen LogP contribution in [0, 0.1) is 0 Å². The summed E-state index contributed by atoms with van der Waals surface area (Å²) in [5.41, 5.74) is 0. The Hall–Kier alpha value is -0.923. The summed E-state index contributed by atoms with van der Waals surface area (Å²) in [5, 5.41) is 11.9. The maximum atomic E-state index is 11.9. The number of carboxylic acid groups (broad SMARTS) is 1. The SMILES string of the molecule is CC(C)(C)[Si](C)(C)OCC[C@@H](NC(=O)[C@@H]1CCCO1)C(=O)O. The van der Waals surface area contributed by atoms with Gasteiger partial charge in [-0.25, -0.2) is 4.79 Å². The van der Waals surface area contributed by atoms with Crippen LogP contribution in [0.5, 0.6) is 0 Å². The number of carbonyl (C=O) groups excluding carboxylic acids is 1. The molecule has 0 aromatic heterocycles. The van der Waals surface area contributed by atoms with E-state index in [9.17, 15) is 14.7 Å². The van der Waals surface area contributed by atoms with Crippen LogP contribution in [0.25, 0.3) is 0 Å². The summed E-state index contributed by atoms with van der Waals surface area (Å²) in [6.45, 7) is 11.5. The number of hydrogen-bond donors (Lipinski definition) is 2. The highest BCUT2D eigenvalue weighted by molar-refractivity contribution is 6.74. The molecule has 6 nitrogen and oxygen atoms in total. The number of carboxylic acids is 1. The molecular weight excluding hydrogens is 302 g/mol. The molecule has 0 saturated carbocycles. The zero-order chi connectivity index (χ0) is 17.0. The molecule has 1 aliphatic rings. The van der Waals surface area contributed by atoms with Crippen molar-refractivity contribution in [1.82, 2.24) is 5.32 Å². The fourth-order valence-corrected chi connectivity index (χ4v) is 3.02. The highest BCUT2D eigenvalue weighted by Gasteiger charge is 2.37. The lowest BCUT2D eigenvalue weighted by Gasteiger charge is -2.36. The molecule has 0 spiro atoms. The first-order chi connectivity index (χ1) is 10.0.